The molecule has 0 saturated heterocycles. The Morgan fingerprint density at radius 1 is 1.24 bits per heavy atom. The van der Waals surface area contributed by atoms with Gasteiger partial charge < -0.3 is 5.32 Å². The zero-order valence-corrected chi connectivity index (χ0v) is 10.2. The van der Waals surface area contributed by atoms with Crippen molar-refractivity contribution in [3.05, 3.63) is 59.7 Å². The van der Waals surface area contributed by atoms with E-state index in [4.69, 9.17) is 0 Å². The van der Waals surface area contributed by atoms with Gasteiger partial charge in [-0.25, -0.2) is 0 Å². The summed E-state index contributed by atoms with van der Waals surface area (Å²) in [6, 6.07) is 8.36. The summed E-state index contributed by atoms with van der Waals surface area (Å²) in [5.74, 6) is 0. The van der Waals surface area contributed by atoms with Crippen LogP contribution in [-0.4, -0.2) is 17.0 Å². The summed E-state index contributed by atoms with van der Waals surface area (Å²) in [5.41, 5.74) is 3.55. The summed E-state index contributed by atoms with van der Waals surface area (Å²) in [4.78, 5) is 8.60. The first-order valence-electron chi connectivity index (χ1n) is 5.79. The molecule has 0 amide bonds. The van der Waals surface area contributed by atoms with Crippen molar-refractivity contribution in [1.29, 1.82) is 0 Å². The van der Waals surface area contributed by atoms with Crippen LogP contribution in [-0.2, 0) is 6.42 Å². The fourth-order valence-corrected chi connectivity index (χ4v) is 1.95. The Bertz CT molecular complexity index is 468. The molecule has 0 saturated carbocycles. The van der Waals surface area contributed by atoms with Gasteiger partial charge in [-0.15, -0.1) is 0 Å². The number of aryl methyl sites for hydroxylation is 1. The molecule has 0 spiro atoms. The van der Waals surface area contributed by atoms with E-state index in [1.807, 2.05) is 31.6 Å². The van der Waals surface area contributed by atoms with E-state index in [0.29, 0.717) is 0 Å². The highest BCUT2D eigenvalue weighted by Gasteiger charge is 2.13. The summed E-state index contributed by atoms with van der Waals surface area (Å²) in [5, 5.41) is 3.32. The Kier molecular flexibility index (Phi) is 3.83. The van der Waals surface area contributed by atoms with E-state index in [-0.39, 0.29) is 6.04 Å². The van der Waals surface area contributed by atoms with Gasteiger partial charge >= 0.3 is 0 Å². The van der Waals surface area contributed by atoms with Crippen molar-refractivity contribution >= 4 is 0 Å². The van der Waals surface area contributed by atoms with Crippen LogP contribution in [0.5, 0.6) is 0 Å². The van der Waals surface area contributed by atoms with Crippen molar-refractivity contribution in [3.8, 4) is 0 Å². The smallest absolute Gasteiger partial charge is 0.0605 e. The summed E-state index contributed by atoms with van der Waals surface area (Å²) >= 11 is 0. The zero-order valence-electron chi connectivity index (χ0n) is 10.2. The Balaban J connectivity index is 2.21. The van der Waals surface area contributed by atoms with Gasteiger partial charge in [-0.3, -0.25) is 9.97 Å². The maximum Gasteiger partial charge on any atom is 0.0605 e. The number of aromatic nitrogens is 2. The topological polar surface area (TPSA) is 37.8 Å². The van der Waals surface area contributed by atoms with Crippen molar-refractivity contribution in [2.45, 2.75) is 19.4 Å². The van der Waals surface area contributed by atoms with Gasteiger partial charge in [0.15, 0.2) is 0 Å². The minimum absolute atomic E-state index is 0.236. The van der Waals surface area contributed by atoms with E-state index < -0.39 is 0 Å². The molecule has 0 fully saturated rings. The maximum atomic E-state index is 4.46. The largest absolute Gasteiger partial charge is 0.311 e. The average Bonchev–Trinajstić information content (AvgIpc) is 2.38. The molecule has 2 heterocycles. The Hall–Kier alpha value is -1.74. The summed E-state index contributed by atoms with van der Waals surface area (Å²) < 4.78 is 0. The predicted molar refractivity (Wildman–Crippen MR) is 68.7 cm³/mol. The molecule has 2 aromatic rings. The number of pyridine rings is 2. The van der Waals surface area contributed by atoms with Crippen LogP contribution >= 0.6 is 0 Å². The van der Waals surface area contributed by atoms with E-state index >= 15 is 0 Å². The first-order chi connectivity index (χ1) is 8.31. The van der Waals surface area contributed by atoms with Crippen molar-refractivity contribution in [1.82, 2.24) is 15.3 Å². The Morgan fingerprint density at radius 3 is 2.71 bits per heavy atom. The number of rotatable bonds is 4. The van der Waals surface area contributed by atoms with Crippen LogP contribution in [0.1, 0.15) is 22.9 Å². The van der Waals surface area contributed by atoms with Crippen LogP contribution in [0, 0.1) is 6.92 Å². The second-order valence-electron chi connectivity index (χ2n) is 4.11. The van der Waals surface area contributed by atoms with Crippen LogP contribution in [0.3, 0.4) is 0 Å². The molecule has 2 aromatic heterocycles. The van der Waals surface area contributed by atoms with Gasteiger partial charge in [0.25, 0.3) is 0 Å². The molecule has 1 unspecified atom stereocenters. The van der Waals surface area contributed by atoms with Gasteiger partial charge in [0, 0.05) is 18.6 Å². The van der Waals surface area contributed by atoms with Crippen LogP contribution < -0.4 is 5.32 Å². The highest BCUT2D eigenvalue weighted by molar-refractivity contribution is 5.23. The summed E-state index contributed by atoms with van der Waals surface area (Å²) in [6.45, 7) is 2.09. The highest BCUT2D eigenvalue weighted by atomic mass is 14.9. The maximum absolute atomic E-state index is 4.46. The standard InChI is InChI=1S/C14H17N3/c1-11-5-3-8-17-14(11)13(15-2)9-12-6-4-7-16-10-12/h3-8,10,13,15H,9H2,1-2H3. The zero-order chi connectivity index (χ0) is 12.1. The van der Waals surface area contributed by atoms with Crippen LogP contribution in [0.25, 0.3) is 0 Å². The van der Waals surface area contributed by atoms with Gasteiger partial charge in [0.05, 0.1) is 11.7 Å². The third-order valence-corrected chi connectivity index (χ3v) is 2.89. The lowest BCUT2D eigenvalue weighted by Crippen LogP contribution is -2.21. The molecule has 3 heteroatoms. The van der Waals surface area contributed by atoms with Crippen LogP contribution in [0.4, 0.5) is 0 Å². The van der Waals surface area contributed by atoms with Gasteiger partial charge in [0.1, 0.15) is 0 Å². The molecule has 0 aliphatic heterocycles. The molecule has 0 aliphatic carbocycles. The van der Waals surface area contributed by atoms with Gasteiger partial charge in [0.2, 0.25) is 0 Å². The fraction of sp³-hybridized carbons (Fsp3) is 0.286. The highest BCUT2D eigenvalue weighted by Crippen LogP contribution is 2.18. The molecule has 1 atom stereocenters. The first kappa shape index (κ1) is 11.7. The monoisotopic (exact) mass is 227 g/mol. The number of hydrogen-bond acceptors (Lipinski definition) is 3. The molecule has 0 aromatic carbocycles. The Labute approximate surface area is 102 Å². The Morgan fingerprint density at radius 2 is 2.06 bits per heavy atom. The SMILES string of the molecule is CNC(Cc1cccnc1)c1ncccc1C. The molecule has 17 heavy (non-hydrogen) atoms. The molecule has 3 nitrogen and oxygen atoms in total. The second kappa shape index (κ2) is 5.55. The van der Waals surface area contributed by atoms with Crippen molar-refractivity contribution in [2.24, 2.45) is 0 Å². The lowest BCUT2D eigenvalue weighted by Gasteiger charge is -2.17. The molecular formula is C14H17N3. The van der Waals surface area contributed by atoms with E-state index in [9.17, 15) is 0 Å². The molecular weight excluding hydrogens is 210 g/mol. The lowest BCUT2D eigenvalue weighted by atomic mass is 10.0. The quantitative estimate of drug-likeness (QED) is 0.870. The average molecular weight is 227 g/mol. The minimum atomic E-state index is 0.236. The molecule has 2 rings (SSSR count). The van der Waals surface area contributed by atoms with Gasteiger partial charge in [-0.2, -0.15) is 0 Å². The van der Waals surface area contributed by atoms with Crippen molar-refractivity contribution in [3.63, 3.8) is 0 Å². The minimum Gasteiger partial charge on any atom is -0.311 e. The van der Waals surface area contributed by atoms with E-state index in [0.717, 1.165) is 12.1 Å². The van der Waals surface area contributed by atoms with E-state index in [1.165, 1.54) is 11.1 Å². The second-order valence-corrected chi connectivity index (χ2v) is 4.11. The van der Waals surface area contributed by atoms with Crippen molar-refractivity contribution < 1.29 is 0 Å². The lowest BCUT2D eigenvalue weighted by molar-refractivity contribution is 0.571. The van der Waals surface area contributed by atoms with E-state index in [2.05, 4.69) is 34.3 Å². The fourth-order valence-electron chi connectivity index (χ4n) is 1.95. The number of nitrogens with one attached hydrogen (secondary N) is 1. The van der Waals surface area contributed by atoms with Gasteiger partial charge in [-0.05, 0) is 43.7 Å². The molecule has 0 bridgehead atoms. The number of likely N-dealkylation sites (N-methyl/N-ethyl adjacent to an activating group) is 1. The van der Waals surface area contributed by atoms with E-state index in [1.54, 1.807) is 6.20 Å². The third-order valence-electron chi connectivity index (χ3n) is 2.89. The normalized spacial score (nSPS) is 12.4. The molecule has 1 N–H and O–H groups in total. The predicted octanol–water partition coefficient (Wildman–Crippen LogP) is 2.29. The van der Waals surface area contributed by atoms with Crippen LogP contribution in [0.15, 0.2) is 42.9 Å². The molecule has 0 aliphatic rings. The first-order valence-corrected chi connectivity index (χ1v) is 5.79. The number of nitrogens with zero attached hydrogens (tertiary/aromatic N) is 2. The van der Waals surface area contributed by atoms with Crippen molar-refractivity contribution in [2.75, 3.05) is 7.05 Å². The van der Waals surface area contributed by atoms with Gasteiger partial charge in [-0.1, -0.05) is 12.1 Å². The number of hydrogen-bond donors (Lipinski definition) is 1. The molecule has 88 valence electrons. The van der Waals surface area contributed by atoms with Crippen LogP contribution in [0.2, 0.25) is 0 Å². The summed E-state index contributed by atoms with van der Waals surface area (Å²) in [6.07, 6.45) is 6.45. The molecule has 0 radical (unpaired) electrons. The third kappa shape index (κ3) is 2.88. The summed E-state index contributed by atoms with van der Waals surface area (Å²) in [7, 11) is 1.97.